The van der Waals surface area contributed by atoms with E-state index in [1.54, 1.807) is 6.92 Å². The molecule has 2 aliphatic rings. The molecule has 2 fully saturated rings. The van der Waals surface area contributed by atoms with Crippen molar-refractivity contribution in [1.29, 1.82) is 0 Å². The molecule has 0 aromatic carbocycles. The van der Waals surface area contributed by atoms with Gasteiger partial charge in [0, 0.05) is 39.6 Å². The second kappa shape index (κ2) is 8.91. The predicted octanol–water partition coefficient (Wildman–Crippen LogP) is 3.49. The SMILES string of the molecule is CC(=O)N1CCC(CCNC(=O)N2CCC[C@@H](C(C)(C)C)CC2)CC1. The van der Waals surface area contributed by atoms with E-state index in [0.717, 1.165) is 64.8 Å². The maximum absolute atomic E-state index is 12.5. The highest BCUT2D eigenvalue weighted by molar-refractivity contribution is 5.74. The van der Waals surface area contributed by atoms with Crippen LogP contribution in [0.4, 0.5) is 4.79 Å². The second-order valence-corrected chi connectivity index (χ2v) is 8.95. The van der Waals surface area contributed by atoms with E-state index in [1.807, 2.05) is 9.80 Å². The number of carbonyl (C=O) groups excluding carboxylic acids is 2. The molecule has 0 saturated carbocycles. The average Bonchev–Trinajstić information content (AvgIpc) is 2.81. The lowest BCUT2D eigenvalue weighted by Gasteiger charge is -2.31. The maximum Gasteiger partial charge on any atom is 0.317 e. The first-order valence-electron chi connectivity index (χ1n) is 10.1. The van der Waals surface area contributed by atoms with Crippen molar-refractivity contribution in [2.45, 2.75) is 66.2 Å². The van der Waals surface area contributed by atoms with Crippen LogP contribution in [0.25, 0.3) is 0 Å². The first kappa shape index (κ1) is 20.1. The highest BCUT2D eigenvalue weighted by Gasteiger charge is 2.28. The molecule has 5 nitrogen and oxygen atoms in total. The van der Waals surface area contributed by atoms with Gasteiger partial charge in [0.25, 0.3) is 0 Å². The van der Waals surface area contributed by atoms with Crippen LogP contribution in [0, 0.1) is 17.3 Å². The van der Waals surface area contributed by atoms with Crippen molar-refractivity contribution < 1.29 is 9.59 Å². The molecule has 1 atom stereocenters. The van der Waals surface area contributed by atoms with Gasteiger partial charge in [-0.15, -0.1) is 0 Å². The minimum atomic E-state index is 0.107. The summed E-state index contributed by atoms with van der Waals surface area (Å²) in [7, 11) is 0. The van der Waals surface area contributed by atoms with Crippen LogP contribution in [-0.2, 0) is 4.79 Å². The summed E-state index contributed by atoms with van der Waals surface area (Å²) in [6.45, 7) is 12.8. The van der Waals surface area contributed by atoms with Crippen molar-refractivity contribution in [3.63, 3.8) is 0 Å². The van der Waals surface area contributed by atoms with Crippen molar-refractivity contribution in [3.8, 4) is 0 Å². The van der Waals surface area contributed by atoms with Gasteiger partial charge >= 0.3 is 6.03 Å². The van der Waals surface area contributed by atoms with Gasteiger partial charge in [-0.1, -0.05) is 20.8 Å². The Bertz CT molecular complexity index is 450. The van der Waals surface area contributed by atoms with E-state index < -0.39 is 0 Å². The molecular formula is C20H37N3O2. The number of urea groups is 1. The Morgan fingerprint density at radius 3 is 2.20 bits per heavy atom. The second-order valence-electron chi connectivity index (χ2n) is 8.95. The number of nitrogens with zero attached hydrogens (tertiary/aromatic N) is 2. The summed E-state index contributed by atoms with van der Waals surface area (Å²) in [4.78, 5) is 27.7. The van der Waals surface area contributed by atoms with E-state index in [4.69, 9.17) is 0 Å². The number of hydrogen-bond donors (Lipinski definition) is 1. The van der Waals surface area contributed by atoms with Crippen LogP contribution < -0.4 is 5.32 Å². The molecule has 5 heteroatoms. The Balaban J connectivity index is 1.66. The van der Waals surface area contributed by atoms with Crippen LogP contribution in [0.1, 0.15) is 66.2 Å². The quantitative estimate of drug-likeness (QED) is 0.846. The number of amides is 3. The Morgan fingerprint density at radius 2 is 1.60 bits per heavy atom. The van der Waals surface area contributed by atoms with E-state index in [1.165, 1.54) is 6.42 Å². The molecule has 0 unspecified atom stereocenters. The largest absolute Gasteiger partial charge is 0.343 e. The van der Waals surface area contributed by atoms with Crippen LogP contribution in [-0.4, -0.2) is 54.5 Å². The number of carbonyl (C=O) groups is 2. The van der Waals surface area contributed by atoms with Crippen LogP contribution in [0.3, 0.4) is 0 Å². The van der Waals surface area contributed by atoms with Gasteiger partial charge in [0.05, 0.1) is 0 Å². The molecule has 25 heavy (non-hydrogen) atoms. The third-order valence-electron chi connectivity index (χ3n) is 6.13. The minimum absolute atomic E-state index is 0.107. The van der Waals surface area contributed by atoms with Crippen molar-refractivity contribution >= 4 is 11.9 Å². The summed E-state index contributed by atoms with van der Waals surface area (Å²) in [5.41, 5.74) is 0.335. The molecule has 144 valence electrons. The Labute approximate surface area is 153 Å². The monoisotopic (exact) mass is 351 g/mol. The van der Waals surface area contributed by atoms with E-state index in [0.29, 0.717) is 17.3 Å². The number of likely N-dealkylation sites (tertiary alicyclic amines) is 2. The van der Waals surface area contributed by atoms with Crippen molar-refractivity contribution in [1.82, 2.24) is 15.1 Å². The number of nitrogens with one attached hydrogen (secondary N) is 1. The molecule has 3 amide bonds. The van der Waals surface area contributed by atoms with E-state index in [9.17, 15) is 9.59 Å². The molecule has 2 rings (SSSR count). The Hall–Kier alpha value is -1.26. The molecular weight excluding hydrogens is 314 g/mol. The van der Waals surface area contributed by atoms with Crippen LogP contribution in [0.5, 0.6) is 0 Å². The lowest BCUT2D eigenvalue weighted by atomic mass is 9.77. The lowest BCUT2D eigenvalue weighted by molar-refractivity contribution is -0.130. The van der Waals surface area contributed by atoms with Crippen molar-refractivity contribution in [2.75, 3.05) is 32.7 Å². The summed E-state index contributed by atoms with van der Waals surface area (Å²) < 4.78 is 0. The van der Waals surface area contributed by atoms with Gasteiger partial charge in [-0.2, -0.15) is 0 Å². The molecule has 2 saturated heterocycles. The smallest absolute Gasteiger partial charge is 0.317 e. The van der Waals surface area contributed by atoms with Gasteiger partial charge in [-0.3, -0.25) is 4.79 Å². The molecule has 0 aromatic rings. The minimum Gasteiger partial charge on any atom is -0.343 e. The highest BCUT2D eigenvalue weighted by atomic mass is 16.2. The van der Waals surface area contributed by atoms with E-state index in [-0.39, 0.29) is 11.9 Å². The number of piperidine rings is 1. The van der Waals surface area contributed by atoms with E-state index in [2.05, 4.69) is 26.1 Å². The first-order valence-corrected chi connectivity index (χ1v) is 10.1. The zero-order valence-electron chi connectivity index (χ0n) is 16.6. The summed E-state index contributed by atoms with van der Waals surface area (Å²) in [6.07, 6.45) is 6.59. The van der Waals surface area contributed by atoms with Gasteiger partial charge in [-0.05, 0) is 55.8 Å². The fraction of sp³-hybridized carbons (Fsp3) is 0.900. The van der Waals surface area contributed by atoms with Crippen molar-refractivity contribution in [3.05, 3.63) is 0 Å². The fourth-order valence-electron chi connectivity index (χ4n) is 4.20. The standard InChI is InChI=1S/C20H37N3O2/c1-16(24)22-13-8-17(9-14-22)7-11-21-19(25)23-12-5-6-18(10-15-23)20(2,3)4/h17-18H,5-15H2,1-4H3,(H,21,25)/t18-/m1/s1. The zero-order chi connectivity index (χ0) is 18.4. The van der Waals surface area contributed by atoms with Gasteiger partial charge in [0.15, 0.2) is 0 Å². The predicted molar refractivity (Wildman–Crippen MR) is 101 cm³/mol. The van der Waals surface area contributed by atoms with Gasteiger partial charge in [0.2, 0.25) is 5.91 Å². The van der Waals surface area contributed by atoms with Crippen LogP contribution in [0.2, 0.25) is 0 Å². The Kier molecular flexibility index (Phi) is 7.14. The summed E-state index contributed by atoms with van der Waals surface area (Å²) in [5, 5.41) is 3.12. The average molecular weight is 352 g/mol. The van der Waals surface area contributed by atoms with Gasteiger partial charge in [-0.25, -0.2) is 4.79 Å². The van der Waals surface area contributed by atoms with Crippen LogP contribution in [0.15, 0.2) is 0 Å². The highest BCUT2D eigenvalue weighted by Crippen LogP contribution is 2.34. The normalized spacial score (nSPS) is 23.3. The molecule has 2 aliphatic heterocycles. The molecule has 0 spiro atoms. The molecule has 0 aliphatic carbocycles. The first-order chi connectivity index (χ1) is 11.8. The van der Waals surface area contributed by atoms with Crippen molar-refractivity contribution in [2.24, 2.45) is 17.3 Å². The summed E-state index contributed by atoms with van der Waals surface area (Å²) in [6, 6.07) is 0.107. The molecule has 0 bridgehead atoms. The maximum atomic E-state index is 12.5. The zero-order valence-corrected chi connectivity index (χ0v) is 16.6. The molecule has 0 aromatic heterocycles. The molecule has 2 heterocycles. The topological polar surface area (TPSA) is 52.7 Å². The summed E-state index contributed by atoms with van der Waals surface area (Å²) in [5.74, 6) is 1.52. The molecule has 0 radical (unpaired) electrons. The molecule has 1 N–H and O–H groups in total. The lowest BCUT2D eigenvalue weighted by Crippen LogP contribution is -2.42. The van der Waals surface area contributed by atoms with Crippen LogP contribution >= 0.6 is 0 Å². The Morgan fingerprint density at radius 1 is 0.960 bits per heavy atom. The summed E-state index contributed by atoms with van der Waals surface area (Å²) >= 11 is 0. The fourth-order valence-corrected chi connectivity index (χ4v) is 4.20. The third-order valence-corrected chi connectivity index (χ3v) is 6.13. The van der Waals surface area contributed by atoms with Gasteiger partial charge in [0.1, 0.15) is 0 Å². The number of rotatable bonds is 3. The number of hydrogen-bond acceptors (Lipinski definition) is 2. The van der Waals surface area contributed by atoms with Gasteiger partial charge < -0.3 is 15.1 Å². The van der Waals surface area contributed by atoms with E-state index >= 15 is 0 Å². The third kappa shape index (κ3) is 6.19.